The number of carbonyl (C=O) groups is 1. The van der Waals surface area contributed by atoms with E-state index in [9.17, 15) is 4.79 Å². The first kappa shape index (κ1) is 22.1. The number of ether oxygens (including phenoxy) is 3. The SMILES string of the molecule is COc1ccc(NC(=O)/C=C/c2cc3c(c(-c4cccc(OC)c4)c2)OC(C)(C)C=C3)nc1. The number of nitrogens with one attached hydrogen (secondary N) is 1. The molecule has 0 bridgehead atoms. The summed E-state index contributed by atoms with van der Waals surface area (Å²) in [6.07, 6.45) is 8.90. The van der Waals surface area contributed by atoms with Crippen molar-refractivity contribution in [1.29, 1.82) is 0 Å². The molecule has 0 unspecified atom stereocenters. The van der Waals surface area contributed by atoms with Gasteiger partial charge in [0.2, 0.25) is 5.91 Å². The van der Waals surface area contributed by atoms with Crippen molar-refractivity contribution in [3.63, 3.8) is 0 Å². The maximum Gasteiger partial charge on any atom is 0.249 e. The van der Waals surface area contributed by atoms with Crippen LogP contribution < -0.4 is 19.5 Å². The van der Waals surface area contributed by atoms with Gasteiger partial charge in [0.05, 0.1) is 20.4 Å². The summed E-state index contributed by atoms with van der Waals surface area (Å²) in [6, 6.07) is 15.3. The minimum atomic E-state index is -0.413. The van der Waals surface area contributed by atoms with E-state index < -0.39 is 5.60 Å². The molecular formula is C27H26N2O4. The Morgan fingerprint density at radius 2 is 1.88 bits per heavy atom. The predicted molar refractivity (Wildman–Crippen MR) is 131 cm³/mol. The van der Waals surface area contributed by atoms with Crippen LogP contribution in [0.5, 0.6) is 17.2 Å². The molecule has 0 saturated carbocycles. The van der Waals surface area contributed by atoms with Gasteiger partial charge in [0.1, 0.15) is 28.7 Å². The van der Waals surface area contributed by atoms with E-state index in [1.54, 1.807) is 38.6 Å². The summed E-state index contributed by atoms with van der Waals surface area (Å²) >= 11 is 0. The molecule has 2 heterocycles. The van der Waals surface area contributed by atoms with Gasteiger partial charge in [-0.25, -0.2) is 4.98 Å². The van der Waals surface area contributed by atoms with Gasteiger partial charge in [0.15, 0.2) is 0 Å². The van der Waals surface area contributed by atoms with Crippen LogP contribution in [-0.4, -0.2) is 30.7 Å². The van der Waals surface area contributed by atoms with Gasteiger partial charge in [-0.3, -0.25) is 4.79 Å². The van der Waals surface area contributed by atoms with E-state index in [1.165, 1.54) is 6.08 Å². The van der Waals surface area contributed by atoms with Crippen LogP contribution in [-0.2, 0) is 4.79 Å². The highest BCUT2D eigenvalue weighted by Gasteiger charge is 2.25. The van der Waals surface area contributed by atoms with E-state index >= 15 is 0 Å². The van der Waals surface area contributed by atoms with E-state index in [1.807, 2.05) is 56.3 Å². The summed E-state index contributed by atoms with van der Waals surface area (Å²) in [6.45, 7) is 4.04. The number of anilines is 1. The van der Waals surface area contributed by atoms with Crippen LogP contribution >= 0.6 is 0 Å². The molecule has 4 rings (SSSR count). The fourth-order valence-corrected chi connectivity index (χ4v) is 3.52. The molecule has 0 aliphatic carbocycles. The molecule has 0 radical (unpaired) electrons. The van der Waals surface area contributed by atoms with Crippen LogP contribution in [0, 0.1) is 0 Å². The second-order valence-electron chi connectivity index (χ2n) is 8.16. The lowest BCUT2D eigenvalue weighted by Crippen LogP contribution is -2.27. The number of aromatic nitrogens is 1. The predicted octanol–water partition coefficient (Wildman–Crippen LogP) is 5.60. The molecule has 0 saturated heterocycles. The third-order valence-corrected chi connectivity index (χ3v) is 5.20. The fraction of sp³-hybridized carbons (Fsp3) is 0.185. The number of hydrogen-bond donors (Lipinski definition) is 1. The Morgan fingerprint density at radius 1 is 1.06 bits per heavy atom. The van der Waals surface area contributed by atoms with Crippen molar-refractivity contribution < 1.29 is 19.0 Å². The lowest BCUT2D eigenvalue weighted by Gasteiger charge is -2.30. The maximum absolute atomic E-state index is 12.4. The molecule has 6 heteroatoms. The molecule has 1 amide bonds. The van der Waals surface area contributed by atoms with Crippen LogP contribution in [0.1, 0.15) is 25.0 Å². The Balaban J connectivity index is 1.65. The van der Waals surface area contributed by atoms with Crippen molar-refractivity contribution in [3.05, 3.63) is 78.0 Å². The number of methoxy groups -OCH3 is 2. The zero-order valence-corrected chi connectivity index (χ0v) is 19.1. The van der Waals surface area contributed by atoms with Crippen LogP contribution in [0.3, 0.4) is 0 Å². The Bertz CT molecular complexity index is 1230. The lowest BCUT2D eigenvalue weighted by atomic mass is 9.94. The number of benzene rings is 2. The lowest BCUT2D eigenvalue weighted by molar-refractivity contribution is -0.111. The molecule has 0 atom stereocenters. The standard InChI is InChI=1S/C27H26N2O4/c1-27(2)13-12-20-14-18(8-11-25(30)29-24-10-9-22(32-4)17-28-24)15-23(26(20)33-27)19-6-5-7-21(16-19)31-3/h5-17H,1-4H3,(H,28,29,30)/b11-8+. The Morgan fingerprint density at radius 3 is 2.61 bits per heavy atom. The molecule has 1 N–H and O–H groups in total. The van der Waals surface area contributed by atoms with Gasteiger partial charge in [-0.05, 0) is 73.5 Å². The van der Waals surface area contributed by atoms with Gasteiger partial charge in [0, 0.05) is 17.2 Å². The summed E-state index contributed by atoms with van der Waals surface area (Å²) < 4.78 is 16.8. The third kappa shape index (κ3) is 5.23. The zero-order valence-electron chi connectivity index (χ0n) is 19.1. The second kappa shape index (κ2) is 9.20. The van der Waals surface area contributed by atoms with Gasteiger partial charge in [-0.1, -0.05) is 18.2 Å². The quantitative estimate of drug-likeness (QED) is 0.503. The summed E-state index contributed by atoms with van der Waals surface area (Å²) in [5.41, 5.74) is 3.31. The van der Waals surface area contributed by atoms with Crippen LogP contribution in [0.4, 0.5) is 5.82 Å². The smallest absolute Gasteiger partial charge is 0.249 e. The van der Waals surface area contributed by atoms with Crippen LogP contribution in [0.2, 0.25) is 0 Å². The van der Waals surface area contributed by atoms with E-state index in [0.717, 1.165) is 33.8 Å². The maximum atomic E-state index is 12.4. The van der Waals surface area contributed by atoms with Gasteiger partial charge in [-0.15, -0.1) is 0 Å². The molecule has 1 aromatic heterocycles. The van der Waals surface area contributed by atoms with Crippen molar-refractivity contribution in [2.45, 2.75) is 19.4 Å². The van der Waals surface area contributed by atoms with Gasteiger partial charge in [0.25, 0.3) is 0 Å². The Hall–Kier alpha value is -4.06. The molecule has 6 nitrogen and oxygen atoms in total. The molecule has 3 aromatic rings. The molecule has 0 fully saturated rings. The molecule has 168 valence electrons. The van der Waals surface area contributed by atoms with Crippen molar-refractivity contribution in [2.24, 2.45) is 0 Å². The van der Waals surface area contributed by atoms with Gasteiger partial charge < -0.3 is 19.5 Å². The monoisotopic (exact) mass is 442 g/mol. The number of nitrogens with zero attached hydrogens (tertiary/aromatic N) is 1. The zero-order chi connectivity index (χ0) is 23.4. The van der Waals surface area contributed by atoms with Crippen molar-refractivity contribution >= 4 is 23.9 Å². The van der Waals surface area contributed by atoms with Crippen LogP contribution in [0.15, 0.2) is 66.9 Å². The molecule has 1 aliphatic heterocycles. The van der Waals surface area contributed by atoms with Crippen molar-refractivity contribution in [1.82, 2.24) is 4.98 Å². The summed E-state index contributed by atoms with van der Waals surface area (Å²) in [5.74, 6) is 2.37. The van der Waals surface area contributed by atoms with E-state index in [4.69, 9.17) is 14.2 Å². The number of amides is 1. The fourth-order valence-electron chi connectivity index (χ4n) is 3.52. The topological polar surface area (TPSA) is 69.7 Å². The summed E-state index contributed by atoms with van der Waals surface area (Å²) in [7, 11) is 3.21. The first-order valence-electron chi connectivity index (χ1n) is 10.6. The highest BCUT2D eigenvalue weighted by Crippen LogP contribution is 2.41. The van der Waals surface area contributed by atoms with Crippen molar-refractivity contribution in [2.75, 3.05) is 19.5 Å². The largest absolute Gasteiger partial charge is 0.497 e. The Labute approximate surface area is 193 Å². The molecule has 33 heavy (non-hydrogen) atoms. The third-order valence-electron chi connectivity index (χ3n) is 5.20. The molecule has 2 aromatic carbocycles. The summed E-state index contributed by atoms with van der Waals surface area (Å²) in [5, 5.41) is 2.75. The molecular weight excluding hydrogens is 416 g/mol. The molecule has 1 aliphatic rings. The number of pyridine rings is 1. The minimum Gasteiger partial charge on any atom is -0.497 e. The number of hydrogen-bond acceptors (Lipinski definition) is 5. The number of rotatable bonds is 6. The normalized spacial score (nSPS) is 13.8. The average Bonchev–Trinajstić information content (AvgIpc) is 2.82. The summed E-state index contributed by atoms with van der Waals surface area (Å²) in [4.78, 5) is 16.6. The highest BCUT2D eigenvalue weighted by molar-refractivity contribution is 6.01. The first-order valence-corrected chi connectivity index (χ1v) is 10.6. The highest BCUT2D eigenvalue weighted by atomic mass is 16.5. The first-order chi connectivity index (χ1) is 15.9. The van der Waals surface area contributed by atoms with Gasteiger partial charge in [-0.2, -0.15) is 0 Å². The van der Waals surface area contributed by atoms with E-state index in [0.29, 0.717) is 11.6 Å². The van der Waals surface area contributed by atoms with E-state index in [2.05, 4.69) is 16.4 Å². The number of fused-ring (bicyclic) bond motifs is 1. The van der Waals surface area contributed by atoms with Crippen molar-refractivity contribution in [3.8, 4) is 28.4 Å². The van der Waals surface area contributed by atoms with E-state index in [-0.39, 0.29) is 5.91 Å². The van der Waals surface area contributed by atoms with Gasteiger partial charge >= 0.3 is 0 Å². The average molecular weight is 443 g/mol. The number of carbonyl (C=O) groups excluding carboxylic acids is 1. The molecule has 0 spiro atoms. The second-order valence-corrected chi connectivity index (χ2v) is 8.16. The minimum absolute atomic E-state index is 0.277. The Kier molecular flexibility index (Phi) is 6.18. The van der Waals surface area contributed by atoms with Crippen LogP contribution in [0.25, 0.3) is 23.3 Å².